The lowest BCUT2D eigenvalue weighted by atomic mass is 10.2. The second kappa shape index (κ2) is 9.87. The van der Waals surface area contributed by atoms with Crippen LogP contribution in [0.2, 0.25) is 5.02 Å². The van der Waals surface area contributed by atoms with E-state index in [9.17, 15) is 4.79 Å². The van der Waals surface area contributed by atoms with Gasteiger partial charge in [0.15, 0.2) is 0 Å². The Bertz CT molecular complexity index is 957. The topological polar surface area (TPSA) is 72.8 Å². The summed E-state index contributed by atoms with van der Waals surface area (Å²) in [5.74, 6) is 0.998. The summed E-state index contributed by atoms with van der Waals surface area (Å²) >= 11 is 7.47. The number of hydrogen-bond acceptors (Lipinski definition) is 7. The molecule has 0 atom stereocenters. The van der Waals surface area contributed by atoms with Gasteiger partial charge in [-0.3, -0.25) is 10.2 Å². The van der Waals surface area contributed by atoms with E-state index in [-0.39, 0.29) is 12.4 Å². The Balaban J connectivity index is 1.53. The average molecular weight is 416 g/mol. The molecule has 28 heavy (non-hydrogen) atoms. The quantitative estimate of drug-likeness (QED) is 0.313. The number of para-hydroxylation sites is 1. The number of benzene rings is 2. The maximum atomic E-state index is 11.5. The molecule has 0 aliphatic carbocycles. The van der Waals surface area contributed by atoms with E-state index in [0.29, 0.717) is 34.0 Å². The molecule has 6 nitrogen and oxygen atoms in total. The van der Waals surface area contributed by atoms with Crippen LogP contribution in [0.3, 0.4) is 0 Å². The Morgan fingerprint density at radius 2 is 2.04 bits per heavy atom. The predicted molar refractivity (Wildman–Crippen MR) is 112 cm³/mol. The SMILES string of the molecule is CCOC(=O)Cc1csc(NN=Cc2ccc(Oc3ccccc3Cl)cc2)n1. The monoisotopic (exact) mass is 415 g/mol. The Labute approximate surface area is 171 Å². The van der Waals surface area contributed by atoms with Crippen LogP contribution in [-0.4, -0.2) is 23.8 Å². The number of carbonyl (C=O) groups is 1. The van der Waals surface area contributed by atoms with Crippen LogP contribution < -0.4 is 10.2 Å². The Kier molecular flexibility index (Phi) is 7.00. The number of esters is 1. The first-order valence-electron chi connectivity index (χ1n) is 8.55. The molecule has 0 saturated heterocycles. The number of halogens is 1. The van der Waals surface area contributed by atoms with Crippen LogP contribution in [0.1, 0.15) is 18.2 Å². The van der Waals surface area contributed by atoms with Crippen molar-refractivity contribution in [3.63, 3.8) is 0 Å². The van der Waals surface area contributed by atoms with E-state index in [1.807, 2.05) is 42.5 Å². The molecule has 0 saturated carbocycles. The third kappa shape index (κ3) is 5.80. The van der Waals surface area contributed by atoms with Crippen LogP contribution in [-0.2, 0) is 16.0 Å². The van der Waals surface area contributed by atoms with Gasteiger partial charge in [0.25, 0.3) is 0 Å². The Morgan fingerprint density at radius 3 is 2.79 bits per heavy atom. The zero-order valence-corrected chi connectivity index (χ0v) is 16.7. The van der Waals surface area contributed by atoms with Crippen molar-refractivity contribution in [2.24, 2.45) is 5.10 Å². The van der Waals surface area contributed by atoms with Gasteiger partial charge in [-0.25, -0.2) is 4.98 Å². The highest BCUT2D eigenvalue weighted by Gasteiger charge is 2.08. The fourth-order valence-electron chi connectivity index (χ4n) is 2.24. The van der Waals surface area contributed by atoms with Crippen molar-refractivity contribution >= 4 is 40.3 Å². The standard InChI is InChI=1S/C20H18ClN3O3S/c1-2-26-19(25)11-15-13-28-20(23-15)24-22-12-14-7-9-16(10-8-14)27-18-6-4-3-5-17(18)21/h3-10,12-13H,2,11H2,1H3,(H,23,24). The average Bonchev–Trinajstić information content (AvgIpc) is 3.12. The molecular formula is C20H18ClN3O3S. The first-order chi connectivity index (χ1) is 13.6. The minimum Gasteiger partial charge on any atom is -0.466 e. The number of nitrogens with one attached hydrogen (secondary N) is 1. The molecule has 0 aliphatic heterocycles. The van der Waals surface area contributed by atoms with Gasteiger partial charge in [0.2, 0.25) is 5.13 Å². The van der Waals surface area contributed by atoms with Crippen LogP contribution in [0, 0.1) is 0 Å². The summed E-state index contributed by atoms with van der Waals surface area (Å²) in [7, 11) is 0. The zero-order valence-electron chi connectivity index (χ0n) is 15.1. The molecule has 1 N–H and O–H groups in total. The number of thiazole rings is 1. The molecule has 8 heteroatoms. The van der Waals surface area contributed by atoms with Gasteiger partial charge in [0.1, 0.15) is 11.5 Å². The number of ether oxygens (including phenoxy) is 2. The number of hydrogen-bond donors (Lipinski definition) is 1. The largest absolute Gasteiger partial charge is 0.466 e. The van der Waals surface area contributed by atoms with Gasteiger partial charge in [-0.1, -0.05) is 23.7 Å². The number of nitrogens with zero attached hydrogens (tertiary/aromatic N) is 2. The van der Waals surface area contributed by atoms with Gasteiger partial charge in [-0.05, 0) is 48.9 Å². The van der Waals surface area contributed by atoms with E-state index in [0.717, 1.165) is 5.56 Å². The molecule has 0 unspecified atom stereocenters. The molecule has 0 spiro atoms. The molecule has 0 aliphatic rings. The van der Waals surface area contributed by atoms with Crippen LogP contribution in [0.25, 0.3) is 0 Å². The summed E-state index contributed by atoms with van der Waals surface area (Å²) in [6, 6.07) is 14.7. The van der Waals surface area contributed by atoms with E-state index in [1.54, 1.807) is 24.6 Å². The highest BCUT2D eigenvalue weighted by molar-refractivity contribution is 7.13. The van der Waals surface area contributed by atoms with Crippen molar-refractivity contribution in [3.8, 4) is 11.5 Å². The third-order valence-electron chi connectivity index (χ3n) is 3.50. The summed E-state index contributed by atoms with van der Waals surface area (Å²) in [4.78, 5) is 15.8. The highest BCUT2D eigenvalue weighted by atomic mass is 35.5. The van der Waals surface area contributed by atoms with E-state index in [1.165, 1.54) is 11.3 Å². The number of aromatic nitrogens is 1. The van der Waals surface area contributed by atoms with E-state index >= 15 is 0 Å². The molecular weight excluding hydrogens is 398 g/mol. The number of anilines is 1. The van der Waals surface area contributed by atoms with Gasteiger partial charge in [0, 0.05) is 5.38 Å². The van der Waals surface area contributed by atoms with Gasteiger partial charge < -0.3 is 9.47 Å². The predicted octanol–water partition coefficient (Wildman–Crippen LogP) is 5.14. The lowest BCUT2D eigenvalue weighted by Crippen LogP contribution is -2.07. The smallest absolute Gasteiger partial charge is 0.311 e. The maximum absolute atomic E-state index is 11.5. The molecule has 0 fully saturated rings. The second-order valence-corrected chi connectivity index (χ2v) is 6.86. The van der Waals surface area contributed by atoms with E-state index in [4.69, 9.17) is 21.1 Å². The molecule has 0 radical (unpaired) electrons. The minimum atomic E-state index is -0.290. The minimum absolute atomic E-state index is 0.155. The number of hydrazone groups is 1. The zero-order chi connectivity index (χ0) is 19.8. The van der Waals surface area contributed by atoms with Crippen molar-refractivity contribution in [1.29, 1.82) is 0 Å². The summed E-state index contributed by atoms with van der Waals surface area (Å²) < 4.78 is 10.7. The van der Waals surface area contributed by atoms with E-state index < -0.39 is 0 Å². The molecule has 0 bridgehead atoms. The first kappa shape index (κ1) is 19.9. The van der Waals surface area contributed by atoms with Crippen LogP contribution in [0.15, 0.2) is 59.0 Å². The fraction of sp³-hybridized carbons (Fsp3) is 0.150. The Hall–Kier alpha value is -2.90. The highest BCUT2D eigenvalue weighted by Crippen LogP contribution is 2.28. The summed E-state index contributed by atoms with van der Waals surface area (Å²) in [5, 5.41) is 7.13. The molecule has 1 heterocycles. The van der Waals surface area contributed by atoms with Crippen LogP contribution in [0.4, 0.5) is 5.13 Å². The molecule has 0 amide bonds. The summed E-state index contributed by atoms with van der Waals surface area (Å²) in [6.45, 7) is 2.14. The van der Waals surface area contributed by atoms with Gasteiger partial charge in [-0.2, -0.15) is 5.10 Å². The number of rotatable bonds is 8. The van der Waals surface area contributed by atoms with Crippen molar-refractivity contribution in [3.05, 3.63) is 70.2 Å². The van der Waals surface area contributed by atoms with Gasteiger partial charge >= 0.3 is 5.97 Å². The lowest BCUT2D eigenvalue weighted by molar-refractivity contribution is -0.142. The molecule has 1 aromatic heterocycles. The van der Waals surface area contributed by atoms with Gasteiger partial charge in [0.05, 0.1) is 30.0 Å². The van der Waals surface area contributed by atoms with Gasteiger partial charge in [-0.15, -0.1) is 11.3 Å². The normalized spacial score (nSPS) is 10.8. The number of carbonyl (C=O) groups excluding carboxylic acids is 1. The van der Waals surface area contributed by atoms with Crippen molar-refractivity contribution in [1.82, 2.24) is 4.98 Å². The lowest BCUT2D eigenvalue weighted by Gasteiger charge is -2.07. The Morgan fingerprint density at radius 1 is 1.25 bits per heavy atom. The molecule has 2 aromatic carbocycles. The first-order valence-corrected chi connectivity index (χ1v) is 9.81. The second-order valence-electron chi connectivity index (χ2n) is 5.60. The van der Waals surface area contributed by atoms with Crippen LogP contribution >= 0.6 is 22.9 Å². The van der Waals surface area contributed by atoms with E-state index in [2.05, 4.69) is 15.5 Å². The van der Waals surface area contributed by atoms with Crippen molar-refractivity contribution in [2.75, 3.05) is 12.0 Å². The molecule has 3 rings (SSSR count). The summed E-state index contributed by atoms with van der Waals surface area (Å²) in [6.07, 6.45) is 1.83. The maximum Gasteiger partial charge on any atom is 0.311 e. The molecule has 144 valence electrons. The van der Waals surface area contributed by atoms with Crippen molar-refractivity contribution in [2.45, 2.75) is 13.3 Å². The van der Waals surface area contributed by atoms with Crippen molar-refractivity contribution < 1.29 is 14.3 Å². The molecule has 3 aromatic rings. The fourth-order valence-corrected chi connectivity index (χ4v) is 3.07. The van der Waals surface area contributed by atoms with Crippen LogP contribution in [0.5, 0.6) is 11.5 Å². The third-order valence-corrected chi connectivity index (χ3v) is 4.61. The summed E-state index contributed by atoms with van der Waals surface area (Å²) in [5.41, 5.74) is 4.40.